The van der Waals surface area contributed by atoms with Crippen molar-refractivity contribution in [1.82, 2.24) is 0 Å². The summed E-state index contributed by atoms with van der Waals surface area (Å²) in [6.07, 6.45) is 0.630. The van der Waals surface area contributed by atoms with E-state index in [0.717, 1.165) is 22.9 Å². The van der Waals surface area contributed by atoms with Gasteiger partial charge in [0.25, 0.3) is 10.1 Å². The summed E-state index contributed by atoms with van der Waals surface area (Å²) in [6.45, 7) is 5.68. The minimum Gasteiger partial charge on any atom is -0.262 e. The van der Waals surface area contributed by atoms with Gasteiger partial charge in [0.2, 0.25) is 0 Å². The first-order chi connectivity index (χ1) is 6.78. The van der Waals surface area contributed by atoms with Crippen LogP contribution in [-0.4, -0.2) is 14.7 Å². The zero-order valence-electron chi connectivity index (χ0n) is 9.44. The summed E-state index contributed by atoms with van der Waals surface area (Å²) in [5.74, 6) is 0. The lowest BCUT2D eigenvalue weighted by atomic mass is 10.0. The highest BCUT2D eigenvalue weighted by molar-refractivity contribution is 7.86. The van der Waals surface area contributed by atoms with E-state index in [9.17, 15) is 8.42 Å². The molecule has 1 rings (SSSR count). The van der Waals surface area contributed by atoms with Crippen molar-refractivity contribution >= 4 is 10.1 Å². The van der Waals surface area contributed by atoms with Crippen molar-refractivity contribution in [3.05, 3.63) is 34.9 Å². The first kappa shape index (κ1) is 12.2. The molecule has 0 aliphatic heterocycles. The largest absolute Gasteiger partial charge is 0.264 e. The van der Waals surface area contributed by atoms with Gasteiger partial charge in [-0.3, -0.25) is 4.18 Å². The average Bonchev–Trinajstić information content (AvgIpc) is 1.98. The van der Waals surface area contributed by atoms with Crippen LogP contribution in [0.3, 0.4) is 0 Å². The van der Waals surface area contributed by atoms with E-state index in [2.05, 4.69) is 0 Å². The molecule has 0 N–H and O–H groups in total. The summed E-state index contributed by atoms with van der Waals surface area (Å²) in [6, 6.07) is 5.91. The molecule has 1 atom stereocenters. The van der Waals surface area contributed by atoms with Gasteiger partial charge in [0.1, 0.15) is 0 Å². The predicted molar refractivity (Wildman–Crippen MR) is 60.3 cm³/mol. The van der Waals surface area contributed by atoms with Crippen LogP contribution in [-0.2, 0) is 14.3 Å². The summed E-state index contributed by atoms with van der Waals surface area (Å²) in [5.41, 5.74) is 3.10. The van der Waals surface area contributed by atoms with Crippen molar-refractivity contribution in [2.24, 2.45) is 0 Å². The first-order valence-corrected chi connectivity index (χ1v) is 6.56. The van der Waals surface area contributed by atoms with Crippen LogP contribution in [0.15, 0.2) is 18.2 Å². The molecule has 15 heavy (non-hydrogen) atoms. The van der Waals surface area contributed by atoms with E-state index in [-0.39, 0.29) is 0 Å². The van der Waals surface area contributed by atoms with Crippen LogP contribution in [0, 0.1) is 13.8 Å². The lowest BCUT2D eigenvalue weighted by Crippen LogP contribution is -2.07. The Labute approximate surface area is 91.2 Å². The van der Waals surface area contributed by atoms with E-state index in [1.807, 2.05) is 32.0 Å². The minimum absolute atomic E-state index is 0.432. The first-order valence-electron chi connectivity index (χ1n) is 4.74. The van der Waals surface area contributed by atoms with Crippen molar-refractivity contribution in [3.8, 4) is 0 Å². The van der Waals surface area contributed by atoms with E-state index >= 15 is 0 Å². The van der Waals surface area contributed by atoms with Gasteiger partial charge in [-0.25, -0.2) is 0 Å². The van der Waals surface area contributed by atoms with Gasteiger partial charge in [-0.15, -0.1) is 0 Å². The summed E-state index contributed by atoms with van der Waals surface area (Å²) < 4.78 is 26.8. The number of hydrogen-bond donors (Lipinski definition) is 0. The van der Waals surface area contributed by atoms with Crippen LogP contribution in [0.4, 0.5) is 0 Å². The van der Waals surface area contributed by atoms with Gasteiger partial charge in [0.15, 0.2) is 0 Å². The minimum atomic E-state index is -3.40. The molecule has 0 bridgehead atoms. The van der Waals surface area contributed by atoms with Crippen molar-refractivity contribution in [1.29, 1.82) is 0 Å². The molecule has 0 saturated heterocycles. The molecule has 1 aromatic rings. The van der Waals surface area contributed by atoms with Gasteiger partial charge in [-0.1, -0.05) is 29.3 Å². The Bertz CT molecular complexity index is 429. The van der Waals surface area contributed by atoms with Crippen LogP contribution >= 0.6 is 0 Å². The normalized spacial score (nSPS) is 13.9. The number of rotatable bonds is 3. The van der Waals surface area contributed by atoms with Crippen molar-refractivity contribution < 1.29 is 12.6 Å². The average molecular weight is 228 g/mol. The third-order valence-electron chi connectivity index (χ3n) is 2.03. The lowest BCUT2D eigenvalue weighted by Gasteiger charge is -2.12. The van der Waals surface area contributed by atoms with Crippen LogP contribution < -0.4 is 0 Å². The Balaban J connectivity index is 2.96. The van der Waals surface area contributed by atoms with Crippen LogP contribution in [0.1, 0.15) is 29.7 Å². The highest BCUT2D eigenvalue weighted by Gasteiger charge is 2.12. The predicted octanol–water partition coefficient (Wildman–Crippen LogP) is 2.34. The van der Waals surface area contributed by atoms with E-state index in [0.29, 0.717) is 0 Å². The highest BCUT2D eigenvalue weighted by Crippen LogP contribution is 2.21. The standard InChI is InChI=1S/C11H16O3S/c1-8-5-9(2)7-11(6-8)10(3)14-15(4,12)13/h5-7,10H,1-4H3. The molecule has 1 aromatic carbocycles. The molecule has 0 fully saturated rings. The van der Waals surface area contributed by atoms with E-state index in [4.69, 9.17) is 4.18 Å². The highest BCUT2D eigenvalue weighted by atomic mass is 32.2. The van der Waals surface area contributed by atoms with E-state index in [1.165, 1.54) is 0 Å². The van der Waals surface area contributed by atoms with Gasteiger partial charge in [-0.05, 0) is 26.3 Å². The molecule has 0 aliphatic rings. The van der Waals surface area contributed by atoms with Crippen molar-refractivity contribution in [2.75, 3.05) is 6.26 Å². The fourth-order valence-corrected chi connectivity index (χ4v) is 2.20. The monoisotopic (exact) mass is 228 g/mol. The van der Waals surface area contributed by atoms with Crippen LogP contribution in [0.2, 0.25) is 0 Å². The van der Waals surface area contributed by atoms with Crippen molar-refractivity contribution in [3.63, 3.8) is 0 Å². The third kappa shape index (κ3) is 4.01. The number of benzene rings is 1. The summed E-state index contributed by atoms with van der Waals surface area (Å²) in [5, 5.41) is 0. The maximum Gasteiger partial charge on any atom is 0.264 e. The van der Waals surface area contributed by atoms with Crippen LogP contribution in [0.25, 0.3) is 0 Å². The molecule has 3 nitrogen and oxygen atoms in total. The quantitative estimate of drug-likeness (QED) is 0.746. The molecular weight excluding hydrogens is 212 g/mol. The van der Waals surface area contributed by atoms with Gasteiger partial charge in [0, 0.05) is 0 Å². The zero-order valence-corrected chi connectivity index (χ0v) is 10.3. The molecule has 0 heterocycles. The number of hydrogen-bond acceptors (Lipinski definition) is 3. The molecule has 0 saturated carbocycles. The Morgan fingerprint density at radius 1 is 1.13 bits per heavy atom. The Morgan fingerprint density at radius 3 is 2.00 bits per heavy atom. The topological polar surface area (TPSA) is 43.4 Å². The van der Waals surface area contributed by atoms with E-state index < -0.39 is 16.2 Å². The fraction of sp³-hybridized carbons (Fsp3) is 0.455. The molecule has 0 aromatic heterocycles. The molecular formula is C11H16O3S. The van der Waals surface area contributed by atoms with Crippen LogP contribution in [0.5, 0.6) is 0 Å². The zero-order chi connectivity index (χ0) is 11.6. The lowest BCUT2D eigenvalue weighted by molar-refractivity contribution is 0.236. The second-order valence-electron chi connectivity index (χ2n) is 3.86. The summed E-state index contributed by atoms with van der Waals surface area (Å²) >= 11 is 0. The fourth-order valence-electron chi connectivity index (χ4n) is 1.56. The molecule has 0 aliphatic carbocycles. The van der Waals surface area contributed by atoms with E-state index in [1.54, 1.807) is 6.92 Å². The van der Waals surface area contributed by atoms with Gasteiger partial charge < -0.3 is 0 Å². The number of aryl methyl sites for hydroxylation is 2. The smallest absolute Gasteiger partial charge is 0.262 e. The molecule has 0 radical (unpaired) electrons. The van der Waals surface area contributed by atoms with Crippen molar-refractivity contribution in [2.45, 2.75) is 26.9 Å². The summed E-state index contributed by atoms with van der Waals surface area (Å²) in [7, 11) is -3.40. The maximum atomic E-state index is 11.0. The van der Waals surface area contributed by atoms with Gasteiger partial charge in [-0.2, -0.15) is 8.42 Å². The molecule has 4 heteroatoms. The SMILES string of the molecule is Cc1cc(C)cc(C(C)OS(C)(=O)=O)c1. The Kier molecular flexibility index (Phi) is 3.52. The maximum absolute atomic E-state index is 11.0. The summed E-state index contributed by atoms with van der Waals surface area (Å²) in [4.78, 5) is 0. The van der Waals surface area contributed by atoms with Gasteiger partial charge in [0.05, 0.1) is 12.4 Å². The second-order valence-corrected chi connectivity index (χ2v) is 5.46. The third-order valence-corrected chi connectivity index (χ3v) is 2.67. The van der Waals surface area contributed by atoms with Gasteiger partial charge >= 0.3 is 0 Å². The molecule has 0 spiro atoms. The molecule has 84 valence electrons. The Morgan fingerprint density at radius 2 is 1.60 bits per heavy atom. The second kappa shape index (κ2) is 4.33. The Hall–Kier alpha value is -0.870. The molecule has 0 amide bonds. The molecule has 1 unspecified atom stereocenters.